The number of carboxylic acids is 1. The third-order valence-electron chi connectivity index (χ3n) is 4.25. The Bertz CT molecular complexity index is 555. The maximum Gasteiger partial charge on any atom is 0.224 e. The summed E-state index contributed by atoms with van der Waals surface area (Å²) in [6.45, 7) is 0.388. The lowest BCUT2D eigenvalue weighted by Crippen LogP contribution is -2.44. The molecule has 1 saturated carbocycles. The van der Waals surface area contributed by atoms with Gasteiger partial charge in [-0.2, -0.15) is 0 Å². The summed E-state index contributed by atoms with van der Waals surface area (Å²) in [6.07, 6.45) is 7.92. The van der Waals surface area contributed by atoms with Gasteiger partial charge < -0.3 is 15.2 Å². The van der Waals surface area contributed by atoms with Gasteiger partial charge in [0.15, 0.2) is 0 Å². The van der Waals surface area contributed by atoms with Gasteiger partial charge in [-0.25, -0.2) is 0 Å². The molecule has 1 fully saturated rings. The lowest BCUT2D eigenvalue weighted by atomic mass is 9.82. The average Bonchev–Trinajstić information content (AvgIpc) is 3.06. The van der Waals surface area contributed by atoms with Crippen molar-refractivity contribution in [3.8, 4) is 0 Å². The maximum atomic E-state index is 12.3. The van der Waals surface area contributed by atoms with Gasteiger partial charge in [-0.15, -0.1) is 0 Å². The van der Waals surface area contributed by atoms with Gasteiger partial charge in [0, 0.05) is 30.8 Å². The summed E-state index contributed by atoms with van der Waals surface area (Å²) >= 11 is 0. The zero-order chi connectivity index (χ0) is 14.1. The van der Waals surface area contributed by atoms with Crippen LogP contribution in [0, 0.1) is 23.7 Å². The zero-order valence-corrected chi connectivity index (χ0v) is 10.9. The van der Waals surface area contributed by atoms with Crippen LogP contribution < -0.4 is 10.4 Å². The number of pyridine rings is 1. The van der Waals surface area contributed by atoms with Crippen LogP contribution in [0.2, 0.25) is 0 Å². The highest BCUT2D eigenvalue weighted by Crippen LogP contribution is 2.47. The summed E-state index contributed by atoms with van der Waals surface area (Å²) in [5, 5.41) is 14.1. The fraction of sp³-hybridized carbons (Fsp3) is 0.400. The number of carbonyl (C=O) groups is 2. The number of fused-ring (bicyclic) bond motifs is 2. The molecule has 104 valence electrons. The van der Waals surface area contributed by atoms with Crippen LogP contribution in [0.25, 0.3) is 0 Å². The predicted octanol–water partition coefficient (Wildman–Crippen LogP) is -0.114. The van der Waals surface area contributed by atoms with Gasteiger partial charge in [0.2, 0.25) is 5.91 Å². The Morgan fingerprint density at radius 1 is 1.20 bits per heavy atom. The van der Waals surface area contributed by atoms with Crippen molar-refractivity contribution >= 4 is 11.9 Å². The van der Waals surface area contributed by atoms with Crippen LogP contribution >= 0.6 is 0 Å². The van der Waals surface area contributed by atoms with E-state index in [-0.39, 0.29) is 17.7 Å². The Kier molecular flexibility index (Phi) is 3.26. The number of nitrogens with zero attached hydrogens (tertiary/aromatic N) is 1. The molecule has 4 atom stereocenters. The van der Waals surface area contributed by atoms with E-state index in [0.29, 0.717) is 6.54 Å². The van der Waals surface area contributed by atoms with Crippen molar-refractivity contribution in [2.24, 2.45) is 23.7 Å². The van der Waals surface area contributed by atoms with Crippen molar-refractivity contribution in [2.75, 3.05) is 0 Å². The van der Waals surface area contributed by atoms with Crippen LogP contribution in [0.1, 0.15) is 12.0 Å². The quantitative estimate of drug-likeness (QED) is 0.774. The highest BCUT2D eigenvalue weighted by atomic mass is 16.4. The second kappa shape index (κ2) is 5.07. The lowest BCUT2D eigenvalue weighted by molar-refractivity contribution is -0.313. The molecule has 0 radical (unpaired) electrons. The molecule has 3 rings (SSSR count). The lowest BCUT2D eigenvalue weighted by Gasteiger charge is -2.27. The van der Waals surface area contributed by atoms with Crippen molar-refractivity contribution in [1.82, 2.24) is 10.3 Å². The van der Waals surface area contributed by atoms with Gasteiger partial charge in [-0.1, -0.05) is 12.2 Å². The first kappa shape index (κ1) is 12.8. The summed E-state index contributed by atoms with van der Waals surface area (Å²) in [4.78, 5) is 27.4. The average molecular weight is 271 g/mol. The highest BCUT2D eigenvalue weighted by molar-refractivity contribution is 5.86. The zero-order valence-electron chi connectivity index (χ0n) is 10.9. The van der Waals surface area contributed by atoms with E-state index >= 15 is 0 Å². The molecule has 1 aromatic rings. The van der Waals surface area contributed by atoms with Gasteiger partial charge in [-0.3, -0.25) is 9.78 Å². The Morgan fingerprint density at radius 2 is 1.85 bits per heavy atom. The molecular weight excluding hydrogens is 256 g/mol. The number of amides is 1. The molecule has 1 aromatic heterocycles. The van der Waals surface area contributed by atoms with Crippen LogP contribution in [0.3, 0.4) is 0 Å². The first-order chi connectivity index (χ1) is 9.66. The first-order valence-corrected chi connectivity index (χ1v) is 6.72. The summed E-state index contributed by atoms with van der Waals surface area (Å²) in [5.74, 6) is -2.54. The van der Waals surface area contributed by atoms with E-state index < -0.39 is 17.8 Å². The molecule has 5 nitrogen and oxygen atoms in total. The van der Waals surface area contributed by atoms with E-state index in [1.54, 1.807) is 12.4 Å². The molecule has 1 amide bonds. The minimum atomic E-state index is -1.12. The predicted molar refractivity (Wildman–Crippen MR) is 68.8 cm³/mol. The SMILES string of the molecule is O=C([O-])[C@H]1[C@H](C(=O)NCc2ccncc2)[C@@H]2C=C[C@@H]1C2. The van der Waals surface area contributed by atoms with Crippen molar-refractivity contribution < 1.29 is 14.7 Å². The normalized spacial score (nSPS) is 30.4. The van der Waals surface area contributed by atoms with E-state index in [4.69, 9.17) is 0 Å². The number of carboxylic acid groups (broad SMARTS) is 1. The minimum absolute atomic E-state index is 0.0281. The molecule has 5 heteroatoms. The molecule has 0 spiro atoms. The number of hydrogen-bond acceptors (Lipinski definition) is 4. The van der Waals surface area contributed by atoms with Crippen LogP contribution in [0.15, 0.2) is 36.7 Å². The Hall–Kier alpha value is -2.17. The molecule has 0 aliphatic heterocycles. The number of aromatic nitrogens is 1. The molecule has 1 N–H and O–H groups in total. The maximum absolute atomic E-state index is 12.3. The van der Waals surface area contributed by atoms with Crippen LogP contribution in [0.5, 0.6) is 0 Å². The molecule has 2 aliphatic rings. The Morgan fingerprint density at radius 3 is 2.50 bits per heavy atom. The number of carbonyl (C=O) groups excluding carboxylic acids is 2. The molecular formula is C15H15N2O3-. The smallest absolute Gasteiger partial charge is 0.224 e. The van der Waals surface area contributed by atoms with Crippen molar-refractivity contribution in [2.45, 2.75) is 13.0 Å². The summed E-state index contributed by atoms with van der Waals surface area (Å²) in [5.41, 5.74) is 0.942. The molecule has 2 bridgehead atoms. The van der Waals surface area contributed by atoms with Crippen LogP contribution in [-0.4, -0.2) is 16.9 Å². The molecule has 0 unspecified atom stereocenters. The number of hydrogen-bond donors (Lipinski definition) is 1. The summed E-state index contributed by atoms with van der Waals surface area (Å²) < 4.78 is 0. The third kappa shape index (κ3) is 2.19. The second-order valence-electron chi connectivity index (χ2n) is 5.39. The van der Waals surface area contributed by atoms with Crippen molar-refractivity contribution in [3.05, 3.63) is 42.2 Å². The molecule has 20 heavy (non-hydrogen) atoms. The van der Waals surface area contributed by atoms with Gasteiger partial charge in [-0.05, 0) is 36.0 Å². The van der Waals surface area contributed by atoms with E-state index in [1.807, 2.05) is 24.3 Å². The standard InChI is InChI=1S/C15H16N2O3/c18-14(17-8-9-3-5-16-6-4-9)12-10-1-2-11(7-10)13(12)15(19)20/h1-6,10-13H,7-8H2,(H,17,18)(H,19,20)/p-1/t10-,11-,12-,13-/m1/s1. The van der Waals surface area contributed by atoms with E-state index in [1.165, 1.54) is 0 Å². The summed E-state index contributed by atoms with van der Waals surface area (Å²) in [6, 6.07) is 3.63. The van der Waals surface area contributed by atoms with Crippen LogP contribution in [0.4, 0.5) is 0 Å². The number of rotatable bonds is 4. The largest absolute Gasteiger partial charge is 0.550 e. The van der Waals surface area contributed by atoms with Gasteiger partial charge in [0.1, 0.15) is 0 Å². The van der Waals surface area contributed by atoms with Gasteiger partial charge >= 0.3 is 0 Å². The first-order valence-electron chi connectivity index (χ1n) is 6.72. The minimum Gasteiger partial charge on any atom is -0.550 e. The van der Waals surface area contributed by atoms with E-state index in [0.717, 1.165) is 12.0 Å². The van der Waals surface area contributed by atoms with Crippen molar-refractivity contribution in [3.63, 3.8) is 0 Å². The molecule has 0 saturated heterocycles. The van der Waals surface area contributed by atoms with Crippen molar-refractivity contribution in [1.29, 1.82) is 0 Å². The van der Waals surface area contributed by atoms with E-state index in [9.17, 15) is 14.7 Å². The van der Waals surface area contributed by atoms with Gasteiger partial charge in [0.05, 0.1) is 5.92 Å². The summed E-state index contributed by atoms with van der Waals surface area (Å²) in [7, 11) is 0. The monoisotopic (exact) mass is 271 g/mol. The molecule has 1 heterocycles. The molecule has 2 aliphatic carbocycles. The second-order valence-corrected chi connectivity index (χ2v) is 5.39. The fourth-order valence-corrected chi connectivity index (χ4v) is 3.31. The Labute approximate surface area is 116 Å². The number of allylic oxidation sites excluding steroid dienone is 2. The number of aliphatic carboxylic acids is 1. The fourth-order valence-electron chi connectivity index (χ4n) is 3.31. The highest BCUT2D eigenvalue weighted by Gasteiger charge is 2.48. The molecule has 0 aromatic carbocycles. The van der Waals surface area contributed by atoms with E-state index in [2.05, 4.69) is 10.3 Å². The third-order valence-corrected chi connectivity index (χ3v) is 4.25. The topological polar surface area (TPSA) is 82.1 Å². The number of nitrogens with one attached hydrogen (secondary N) is 1. The Balaban J connectivity index is 1.68. The van der Waals surface area contributed by atoms with Crippen LogP contribution in [-0.2, 0) is 16.1 Å². The van der Waals surface area contributed by atoms with Gasteiger partial charge in [0.25, 0.3) is 0 Å².